The van der Waals surface area contributed by atoms with Crippen LogP contribution in [0.3, 0.4) is 0 Å². The zero-order valence-electron chi connectivity index (χ0n) is 15.4. The second-order valence-corrected chi connectivity index (χ2v) is 8.65. The van der Waals surface area contributed by atoms with Crippen LogP contribution in [-0.2, 0) is 4.74 Å². The molecular weight excluding hydrogens is 320 g/mol. The van der Waals surface area contributed by atoms with Crippen molar-refractivity contribution >= 4 is 17.7 Å². The average molecular weight is 355 g/mol. The minimum atomic E-state index is 0.260. The topological polar surface area (TPSA) is 48.9 Å². The van der Waals surface area contributed by atoms with Gasteiger partial charge in [-0.15, -0.1) is 0 Å². The number of hydrogen-bond donors (Lipinski definition) is 2. The minimum Gasteiger partial charge on any atom is -0.381 e. The van der Waals surface area contributed by atoms with Crippen molar-refractivity contribution in [2.45, 2.75) is 62.3 Å². The Hall–Kier alpha value is -0.460. The lowest BCUT2D eigenvalue weighted by Gasteiger charge is -2.35. The van der Waals surface area contributed by atoms with E-state index < -0.39 is 0 Å². The summed E-state index contributed by atoms with van der Waals surface area (Å²) >= 11 is 1.96. The number of piperidine rings is 1. The molecule has 0 aromatic carbocycles. The molecule has 24 heavy (non-hydrogen) atoms. The number of thioether (sulfide) groups is 1. The predicted octanol–water partition coefficient (Wildman–Crippen LogP) is 2.08. The molecule has 0 spiro atoms. The molecule has 0 aromatic rings. The quantitative estimate of drug-likeness (QED) is 0.565. The summed E-state index contributed by atoms with van der Waals surface area (Å²) in [5, 5.41) is 7.13. The Morgan fingerprint density at radius 1 is 1.21 bits per heavy atom. The number of aliphatic imine (C=N–C) groups is 1. The van der Waals surface area contributed by atoms with E-state index >= 15 is 0 Å². The van der Waals surface area contributed by atoms with Crippen molar-refractivity contribution in [2.24, 2.45) is 4.99 Å². The van der Waals surface area contributed by atoms with Gasteiger partial charge in [0.2, 0.25) is 0 Å². The predicted molar refractivity (Wildman–Crippen MR) is 103 cm³/mol. The summed E-state index contributed by atoms with van der Waals surface area (Å²) in [5.74, 6) is 1.00. The monoisotopic (exact) mass is 354 g/mol. The summed E-state index contributed by atoms with van der Waals surface area (Å²) in [6.45, 7) is 8.18. The SMILES string of the molecule is CCNC(=NCC1(SC)CCOCC1)NC1CCN(C2CC2)CC1. The van der Waals surface area contributed by atoms with Crippen LogP contribution < -0.4 is 10.6 Å². The molecule has 2 aliphatic heterocycles. The lowest BCUT2D eigenvalue weighted by atomic mass is 9.99. The number of rotatable bonds is 6. The molecule has 3 aliphatic rings. The van der Waals surface area contributed by atoms with Crippen molar-refractivity contribution in [3.63, 3.8) is 0 Å². The molecule has 1 saturated carbocycles. The van der Waals surface area contributed by atoms with Crippen LogP contribution in [0.25, 0.3) is 0 Å². The third-order valence-corrected chi connectivity index (χ3v) is 7.04. The first kappa shape index (κ1) is 18.3. The number of likely N-dealkylation sites (tertiary alicyclic amines) is 1. The summed E-state index contributed by atoms with van der Waals surface area (Å²) < 4.78 is 5.80. The van der Waals surface area contributed by atoms with Gasteiger partial charge in [0.15, 0.2) is 5.96 Å². The van der Waals surface area contributed by atoms with Gasteiger partial charge in [-0.1, -0.05) is 0 Å². The molecule has 0 unspecified atom stereocenters. The highest BCUT2D eigenvalue weighted by Gasteiger charge is 2.33. The molecule has 3 fully saturated rings. The average Bonchev–Trinajstić information content (AvgIpc) is 3.46. The Morgan fingerprint density at radius 3 is 2.50 bits per heavy atom. The van der Waals surface area contributed by atoms with E-state index in [4.69, 9.17) is 9.73 Å². The van der Waals surface area contributed by atoms with E-state index in [1.165, 1.54) is 38.8 Å². The first-order chi connectivity index (χ1) is 11.7. The fourth-order valence-corrected chi connectivity index (χ4v) is 4.52. The maximum atomic E-state index is 5.54. The lowest BCUT2D eigenvalue weighted by Crippen LogP contribution is -2.49. The van der Waals surface area contributed by atoms with Gasteiger partial charge in [0, 0.05) is 49.7 Å². The van der Waals surface area contributed by atoms with Crippen molar-refractivity contribution in [3.8, 4) is 0 Å². The van der Waals surface area contributed by atoms with Gasteiger partial charge in [-0.05, 0) is 51.7 Å². The molecule has 5 nitrogen and oxygen atoms in total. The van der Waals surface area contributed by atoms with Gasteiger partial charge < -0.3 is 20.3 Å². The molecule has 2 N–H and O–H groups in total. The second kappa shape index (κ2) is 8.77. The van der Waals surface area contributed by atoms with Crippen molar-refractivity contribution in [3.05, 3.63) is 0 Å². The molecule has 6 heteroatoms. The summed E-state index contributed by atoms with van der Waals surface area (Å²) in [5.41, 5.74) is 0. The normalized spacial score (nSPS) is 26.3. The molecular formula is C18H34N4OS. The van der Waals surface area contributed by atoms with Crippen LogP contribution in [0.5, 0.6) is 0 Å². The molecule has 0 bridgehead atoms. The van der Waals surface area contributed by atoms with Crippen LogP contribution >= 0.6 is 11.8 Å². The smallest absolute Gasteiger partial charge is 0.191 e. The highest BCUT2D eigenvalue weighted by Crippen LogP contribution is 2.34. The summed E-state index contributed by atoms with van der Waals surface area (Å²) in [6, 6.07) is 1.47. The van der Waals surface area contributed by atoms with E-state index in [0.717, 1.165) is 51.1 Å². The van der Waals surface area contributed by atoms with Crippen molar-refractivity contribution < 1.29 is 4.74 Å². The Labute approximate surface area is 151 Å². The number of nitrogens with zero attached hydrogens (tertiary/aromatic N) is 2. The first-order valence-electron chi connectivity index (χ1n) is 9.66. The minimum absolute atomic E-state index is 0.260. The maximum Gasteiger partial charge on any atom is 0.191 e. The third kappa shape index (κ3) is 5.02. The molecule has 0 atom stereocenters. The zero-order chi connectivity index (χ0) is 16.8. The fourth-order valence-electron chi connectivity index (χ4n) is 3.76. The van der Waals surface area contributed by atoms with Gasteiger partial charge in [-0.3, -0.25) is 4.99 Å². The van der Waals surface area contributed by atoms with Crippen LogP contribution in [0, 0.1) is 0 Å². The summed E-state index contributed by atoms with van der Waals surface area (Å²) in [7, 11) is 0. The standard InChI is InChI=1S/C18H34N4OS/c1-3-19-17(20-14-18(24-2)8-12-23-13-9-18)21-15-6-10-22(11-7-15)16-4-5-16/h15-16H,3-14H2,1-2H3,(H2,19,20,21). The second-order valence-electron chi connectivity index (χ2n) is 7.38. The molecule has 3 rings (SSSR count). The molecule has 2 heterocycles. The van der Waals surface area contributed by atoms with E-state index in [9.17, 15) is 0 Å². The van der Waals surface area contributed by atoms with Gasteiger partial charge in [0.1, 0.15) is 0 Å². The lowest BCUT2D eigenvalue weighted by molar-refractivity contribution is 0.0794. The molecule has 138 valence electrons. The van der Waals surface area contributed by atoms with Gasteiger partial charge in [0.05, 0.1) is 6.54 Å². The largest absolute Gasteiger partial charge is 0.381 e. The molecule has 0 radical (unpaired) electrons. The van der Waals surface area contributed by atoms with Gasteiger partial charge >= 0.3 is 0 Å². The van der Waals surface area contributed by atoms with E-state index in [-0.39, 0.29) is 4.75 Å². The van der Waals surface area contributed by atoms with Gasteiger partial charge in [-0.2, -0.15) is 11.8 Å². The van der Waals surface area contributed by atoms with Crippen LogP contribution in [0.1, 0.15) is 45.4 Å². The number of ether oxygens (including phenoxy) is 1. The summed E-state index contributed by atoms with van der Waals surface area (Å²) in [6.07, 6.45) is 9.75. The fraction of sp³-hybridized carbons (Fsp3) is 0.944. The highest BCUT2D eigenvalue weighted by molar-refractivity contribution is 8.00. The first-order valence-corrected chi connectivity index (χ1v) is 10.9. The molecule has 2 saturated heterocycles. The van der Waals surface area contributed by atoms with E-state index in [1.807, 2.05) is 11.8 Å². The van der Waals surface area contributed by atoms with Crippen molar-refractivity contribution in [1.82, 2.24) is 15.5 Å². The van der Waals surface area contributed by atoms with Crippen molar-refractivity contribution in [2.75, 3.05) is 45.6 Å². The van der Waals surface area contributed by atoms with Crippen molar-refractivity contribution in [1.29, 1.82) is 0 Å². The van der Waals surface area contributed by atoms with E-state index in [2.05, 4.69) is 28.7 Å². The maximum absolute atomic E-state index is 5.54. The Balaban J connectivity index is 1.51. The van der Waals surface area contributed by atoms with Crippen LogP contribution in [0.15, 0.2) is 4.99 Å². The van der Waals surface area contributed by atoms with Crippen LogP contribution in [0.2, 0.25) is 0 Å². The number of guanidine groups is 1. The molecule has 1 aliphatic carbocycles. The Bertz CT molecular complexity index is 413. The van der Waals surface area contributed by atoms with Gasteiger partial charge in [-0.25, -0.2) is 0 Å². The molecule has 0 amide bonds. The van der Waals surface area contributed by atoms with E-state index in [1.54, 1.807) is 0 Å². The van der Waals surface area contributed by atoms with Gasteiger partial charge in [0.25, 0.3) is 0 Å². The third-order valence-electron chi connectivity index (χ3n) is 5.64. The Kier molecular flexibility index (Phi) is 6.70. The Morgan fingerprint density at radius 2 is 1.92 bits per heavy atom. The number of nitrogens with one attached hydrogen (secondary N) is 2. The highest BCUT2D eigenvalue weighted by atomic mass is 32.2. The number of hydrogen-bond acceptors (Lipinski definition) is 4. The summed E-state index contributed by atoms with van der Waals surface area (Å²) in [4.78, 5) is 7.62. The van der Waals surface area contributed by atoms with Crippen LogP contribution in [-0.4, -0.2) is 73.3 Å². The van der Waals surface area contributed by atoms with E-state index in [0.29, 0.717) is 6.04 Å². The van der Waals surface area contributed by atoms with Crippen LogP contribution in [0.4, 0.5) is 0 Å². The zero-order valence-corrected chi connectivity index (χ0v) is 16.2. The molecule has 0 aromatic heterocycles.